The molecule has 1 aromatic heterocycles. The average molecular weight is 706 g/mol. The lowest BCUT2D eigenvalue weighted by Gasteiger charge is -2.50. The summed E-state index contributed by atoms with van der Waals surface area (Å²) >= 11 is 6.48. The summed E-state index contributed by atoms with van der Waals surface area (Å²) in [7, 11) is -1.18. The molecule has 2 aromatic carbocycles. The maximum Gasteiger partial charge on any atom is 0.262 e. The number of nitrogens with one attached hydrogen (secondary N) is 1. The number of carbonyl (C=O) groups excluding carboxylic acids is 1. The van der Waals surface area contributed by atoms with Crippen LogP contribution in [-0.2, 0) is 32.7 Å². The molecule has 4 aliphatic rings. The van der Waals surface area contributed by atoms with Crippen LogP contribution in [-0.4, -0.2) is 58.6 Å². The zero-order valence-corrected chi connectivity index (χ0v) is 30.6. The van der Waals surface area contributed by atoms with E-state index in [-0.39, 0.29) is 28.4 Å². The van der Waals surface area contributed by atoms with Gasteiger partial charge in [-0.05, 0) is 117 Å². The molecular formula is C39H48ClN3O5S. The Morgan fingerprint density at radius 2 is 2.04 bits per heavy atom. The highest BCUT2D eigenvalue weighted by Gasteiger charge is 2.49. The maximum absolute atomic E-state index is 13.9. The van der Waals surface area contributed by atoms with Gasteiger partial charge >= 0.3 is 0 Å². The van der Waals surface area contributed by atoms with Crippen molar-refractivity contribution < 1.29 is 22.9 Å². The molecule has 8 nitrogen and oxygen atoms in total. The highest BCUT2D eigenvalue weighted by Crippen LogP contribution is 2.49. The van der Waals surface area contributed by atoms with Gasteiger partial charge in [-0.25, -0.2) is 9.19 Å². The summed E-state index contributed by atoms with van der Waals surface area (Å²) in [6.07, 6.45) is 12.3. The van der Waals surface area contributed by atoms with Crippen LogP contribution in [0.1, 0.15) is 79.0 Å². The fourth-order valence-electron chi connectivity index (χ4n) is 8.65. The summed E-state index contributed by atoms with van der Waals surface area (Å²) in [6, 6.07) is 11.9. The summed E-state index contributed by atoms with van der Waals surface area (Å²) in [5, 5.41) is 0.389. The minimum absolute atomic E-state index is 0.00874. The number of amides is 1. The van der Waals surface area contributed by atoms with Crippen molar-refractivity contribution in [1.29, 1.82) is 0 Å². The molecule has 1 unspecified atom stereocenters. The van der Waals surface area contributed by atoms with Gasteiger partial charge in [-0.15, -0.1) is 0 Å². The van der Waals surface area contributed by atoms with Gasteiger partial charge < -0.3 is 18.8 Å². The normalized spacial score (nSPS) is 33.7. The number of carbonyl (C=O) groups is 1. The molecule has 1 saturated carbocycles. The van der Waals surface area contributed by atoms with Gasteiger partial charge in [0.05, 0.1) is 39.7 Å². The third-order valence-electron chi connectivity index (χ3n) is 11.8. The number of oxazole rings is 1. The van der Waals surface area contributed by atoms with Gasteiger partial charge in [0.15, 0.2) is 5.89 Å². The molecule has 1 amide bonds. The van der Waals surface area contributed by atoms with E-state index in [1.165, 1.54) is 11.1 Å². The standard InChI is InChI=1S/C39H48ClN3O5S/c1-25-8-6-17-39(46-4,20-36-41-26(2)22-47-36)33-13-10-30(33)21-43-23-38(16-7-9-28-18-31(40)12-14-32(28)38)24-48-35-15-11-29(19-34(35)43)37(44)42-49(5,45)27(25)3/h6,11-12,14-15,17-19,22,25,27,30,33H,5,7-10,13,16,20-21,23-24H2,1-4H3,(H,42,44,45)/b17-6+/t25-,27+,30-,33+,38-,39+,49?/m0/s1. The summed E-state index contributed by atoms with van der Waals surface area (Å²) in [6.45, 7) is 7.92. The minimum atomic E-state index is -2.97. The Balaban J connectivity index is 1.34. The fraction of sp³-hybridized carbons (Fsp3) is 0.513. The molecule has 1 N–H and O–H groups in total. The molecular weight excluding hydrogens is 658 g/mol. The van der Waals surface area contributed by atoms with Crippen LogP contribution >= 0.6 is 11.6 Å². The van der Waals surface area contributed by atoms with Crippen LogP contribution in [0.4, 0.5) is 5.69 Å². The number of anilines is 1. The second-order valence-electron chi connectivity index (χ2n) is 14.9. The number of halogens is 1. The summed E-state index contributed by atoms with van der Waals surface area (Å²) in [4.78, 5) is 20.8. The van der Waals surface area contributed by atoms with Gasteiger partial charge in [0.25, 0.3) is 5.91 Å². The SMILES string of the molecule is C=S1(=O)NC(=O)c2ccc3c(c2)N(C[C@@H]2CC[C@H]2[C@@](Cc2nc(C)co2)(OC)/C=C/C[C@H](C)[C@H]1C)C[C@@]1(CCCc2cc(Cl)ccc21)CO3. The Labute approximate surface area is 295 Å². The Hall–Kier alpha value is -3.27. The van der Waals surface area contributed by atoms with E-state index in [2.05, 4.69) is 51.7 Å². The molecule has 2 aliphatic heterocycles. The number of allylic oxidation sites excluding steroid dienone is 1. The van der Waals surface area contributed by atoms with Crippen molar-refractivity contribution in [3.63, 3.8) is 0 Å². The zero-order valence-electron chi connectivity index (χ0n) is 29.0. The molecule has 49 heavy (non-hydrogen) atoms. The maximum atomic E-state index is 13.9. The van der Waals surface area contributed by atoms with Crippen LogP contribution in [0, 0.1) is 24.7 Å². The van der Waals surface area contributed by atoms with Gasteiger partial charge in [-0.3, -0.25) is 9.52 Å². The number of nitrogens with zero attached hydrogens (tertiary/aromatic N) is 2. The van der Waals surface area contributed by atoms with Crippen molar-refractivity contribution in [3.05, 3.63) is 88.1 Å². The Bertz CT molecular complexity index is 1870. The van der Waals surface area contributed by atoms with Crippen molar-refractivity contribution in [2.24, 2.45) is 17.8 Å². The van der Waals surface area contributed by atoms with Crippen molar-refractivity contribution >= 4 is 38.8 Å². The first kappa shape index (κ1) is 34.2. The van der Waals surface area contributed by atoms with Crippen LogP contribution in [0.2, 0.25) is 5.02 Å². The number of benzene rings is 2. The highest BCUT2D eigenvalue weighted by molar-refractivity contribution is 7.99. The topological polar surface area (TPSA) is 93.9 Å². The molecule has 0 saturated heterocycles. The van der Waals surface area contributed by atoms with Gasteiger partial charge in [-0.2, -0.15) is 0 Å². The summed E-state index contributed by atoms with van der Waals surface area (Å²) in [5.41, 5.74) is 3.84. The Morgan fingerprint density at radius 3 is 2.78 bits per heavy atom. The van der Waals surface area contributed by atoms with E-state index in [1.807, 2.05) is 32.0 Å². The number of methoxy groups -OCH3 is 1. The summed E-state index contributed by atoms with van der Waals surface area (Å²) in [5.74, 6) is 5.54. The second-order valence-corrected chi connectivity index (χ2v) is 17.8. The van der Waals surface area contributed by atoms with Crippen molar-refractivity contribution in [3.8, 4) is 5.75 Å². The predicted molar refractivity (Wildman–Crippen MR) is 196 cm³/mol. The number of aromatic nitrogens is 1. The molecule has 7 rings (SSSR count). The van der Waals surface area contributed by atoms with E-state index in [0.717, 1.165) is 67.3 Å². The van der Waals surface area contributed by atoms with Crippen LogP contribution in [0.5, 0.6) is 5.75 Å². The Kier molecular flexibility index (Phi) is 9.16. The molecule has 1 fully saturated rings. The van der Waals surface area contributed by atoms with E-state index in [9.17, 15) is 9.00 Å². The van der Waals surface area contributed by atoms with Crippen molar-refractivity contribution in [1.82, 2.24) is 9.71 Å². The number of aryl methyl sites for hydroxylation is 2. The zero-order chi connectivity index (χ0) is 34.6. The molecule has 1 spiro atoms. The first-order valence-electron chi connectivity index (χ1n) is 17.5. The lowest BCUT2D eigenvalue weighted by Crippen LogP contribution is -2.54. The van der Waals surface area contributed by atoms with E-state index in [1.54, 1.807) is 19.4 Å². The van der Waals surface area contributed by atoms with E-state index < -0.39 is 15.3 Å². The molecule has 0 radical (unpaired) electrons. The fourth-order valence-corrected chi connectivity index (χ4v) is 10.3. The molecule has 2 aliphatic carbocycles. The second kappa shape index (κ2) is 13.1. The van der Waals surface area contributed by atoms with Crippen LogP contribution in [0.15, 0.2) is 59.2 Å². The number of hydrogen-bond donors (Lipinski definition) is 1. The number of fused-ring (bicyclic) bond motifs is 4. The first-order chi connectivity index (χ1) is 23.4. The quantitative estimate of drug-likeness (QED) is 0.229. The van der Waals surface area contributed by atoms with Crippen molar-refractivity contribution in [2.75, 3.05) is 31.7 Å². The molecule has 3 heterocycles. The molecule has 10 heteroatoms. The molecule has 7 atom stereocenters. The number of ether oxygens (including phenoxy) is 2. The average Bonchev–Trinajstić information content (AvgIpc) is 3.40. The molecule has 262 valence electrons. The number of rotatable bonds is 3. The van der Waals surface area contributed by atoms with Gasteiger partial charge in [0.2, 0.25) is 0 Å². The first-order valence-corrected chi connectivity index (χ1v) is 19.7. The van der Waals surface area contributed by atoms with E-state index >= 15 is 0 Å². The smallest absolute Gasteiger partial charge is 0.262 e. The lowest BCUT2D eigenvalue weighted by molar-refractivity contribution is -0.0776. The molecule has 2 bridgehead atoms. The van der Waals surface area contributed by atoms with Crippen LogP contribution in [0.25, 0.3) is 0 Å². The highest BCUT2D eigenvalue weighted by atomic mass is 35.5. The van der Waals surface area contributed by atoms with Crippen LogP contribution < -0.4 is 14.4 Å². The van der Waals surface area contributed by atoms with Crippen molar-refractivity contribution in [2.45, 2.75) is 82.0 Å². The molecule has 3 aromatic rings. The minimum Gasteiger partial charge on any atom is -0.490 e. The summed E-state index contributed by atoms with van der Waals surface area (Å²) < 4.78 is 35.9. The van der Waals surface area contributed by atoms with Gasteiger partial charge in [-0.1, -0.05) is 36.7 Å². The third-order valence-corrected chi connectivity index (χ3v) is 14.3. The van der Waals surface area contributed by atoms with E-state index in [4.69, 9.17) is 25.5 Å². The van der Waals surface area contributed by atoms with Gasteiger partial charge in [0, 0.05) is 41.5 Å². The van der Waals surface area contributed by atoms with Crippen LogP contribution in [0.3, 0.4) is 0 Å². The van der Waals surface area contributed by atoms with E-state index in [0.29, 0.717) is 36.8 Å². The number of hydrogen-bond acceptors (Lipinski definition) is 7. The Morgan fingerprint density at radius 1 is 1.20 bits per heavy atom. The largest absolute Gasteiger partial charge is 0.490 e. The monoisotopic (exact) mass is 705 g/mol. The lowest BCUT2D eigenvalue weighted by atomic mass is 9.63. The predicted octanol–water partition coefficient (Wildman–Crippen LogP) is 7.11. The van der Waals surface area contributed by atoms with Gasteiger partial charge in [0.1, 0.15) is 12.0 Å². The third kappa shape index (κ3) is 6.43.